The van der Waals surface area contributed by atoms with Crippen LogP contribution in [-0.4, -0.2) is 23.6 Å². The van der Waals surface area contributed by atoms with E-state index in [2.05, 4.69) is 0 Å². The average Bonchev–Trinajstić information content (AvgIpc) is 3.27. The maximum Gasteiger partial charge on any atom is 0.266 e. The highest BCUT2D eigenvalue weighted by Crippen LogP contribution is 2.37. The van der Waals surface area contributed by atoms with Gasteiger partial charge in [-0.15, -0.1) is 0 Å². The first-order valence-corrected chi connectivity index (χ1v) is 12.6. The summed E-state index contributed by atoms with van der Waals surface area (Å²) in [7, 11) is 0. The second kappa shape index (κ2) is 8.88. The van der Waals surface area contributed by atoms with Crippen LogP contribution in [0.1, 0.15) is 41.4 Å². The smallest absolute Gasteiger partial charge is 0.266 e. The highest BCUT2D eigenvalue weighted by atomic mass is 35.5. The molecule has 0 saturated carbocycles. The number of hydrogen-bond acceptors (Lipinski definition) is 5. The summed E-state index contributed by atoms with van der Waals surface area (Å²) < 4.78 is 0. The Balaban J connectivity index is 1.28. The molecule has 180 valence electrons. The Bertz CT molecular complexity index is 1560. The molecule has 4 amide bonds. The first kappa shape index (κ1) is 23.5. The number of benzene rings is 4. The standard InChI is InChI=1S/C28H14Cl2N2O4S/c29-15-3-1-5-17(11-15)31-25(33)21-9-7-19(13-23(21)27(31)35)37-20-8-10-22-24(14-20)28(36)32(26(22)34)18-6-2-4-16(30)12-18/h1-14H. The van der Waals surface area contributed by atoms with Gasteiger partial charge in [-0.05, 0) is 72.8 Å². The van der Waals surface area contributed by atoms with Crippen LogP contribution >= 0.6 is 35.0 Å². The van der Waals surface area contributed by atoms with Gasteiger partial charge in [0, 0.05) is 19.8 Å². The highest BCUT2D eigenvalue weighted by molar-refractivity contribution is 7.99. The largest absolute Gasteiger partial charge is 0.268 e. The quantitative estimate of drug-likeness (QED) is 0.266. The third-order valence-electron chi connectivity index (χ3n) is 6.08. The topological polar surface area (TPSA) is 74.8 Å². The van der Waals surface area contributed by atoms with E-state index in [0.717, 1.165) is 9.80 Å². The number of carbonyl (C=O) groups is 4. The Morgan fingerprint density at radius 3 is 1.30 bits per heavy atom. The number of carbonyl (C=O) groups excluding carboxylic acids is 4. The van der Waals surface area contributed by atoms with Crippen LogP contribution in [0.4, 0.5) is 11.4 Å². The molecule has 9 heteroatoms. The van der Waals surface area contributed by atoms with Crippen molar-refractivity contribution in [2.24, 2.45) is 0 Å². The van der Waals surface area contributed by atoms with Gasteiger partial charge in [-0.2, -0.15) is 0 Å². The lowest BCUT2D eigenvalue weighted by atomic mass is 10.1. The van der Waals surface area contributed by atoms with Crippen molar-refractivity contribution in [1.29, 1.82) is 0 Å². The van der Waals surface area contributed by atoms with Crippen molar-refractivity contribution >= 4 is 70.0 Å². The lowest BCUT2D eigenvalue weighted by Gasteiger charge is -2.13. The molecule has 0 fully saturated rings. The van der Waals surface area contributed by atoms with Gasteiger partial charge in [-0.3, -0.25) is 19.2 Å². The van der Waals surface area contributed by atoms with Crippen LogP contribution in [0.15, 0.2) is 94.7 Å². The van der Waals surface area contributed by atoms with Gasteiger partial charge in [0.1, 0.15) is 0 Å². The molecule has 0 radical (unpaired) electrons. The SMILES string of the molecule is O=C1c2ccc(Sc3ccc4c(c3)C(=O)N(c3cccc(Cl)c3)C4=O)cc2C(=O)N1c1cccc(Cl)c1. The predicted molar refractivity (Wildman–Crippen MR) is 142 cm³/mol. The van der Waals surface area contributed by atoms with Gasteiger partial charge in [-0.25, -0.2) is 9.80 Å². The van der Waals surface area contributed by atoms with E-state index in [4.69, 9.17) is 23.2 Å². The summed E-state index contributed by atoms with van der Waals surface area (Å²) in [5.41, 5.74) is 1.99. The summed E-state index contributed by atoms with van der Waals surface area (Å²) in [4.78, 5) is 55.7. The zero-order valence-electron chi connectivity index (χ0n) is 18.8. The molecule has 6 nitrogen and oxygen atoms in total. The molecule has 0 bridgehead atoms. The fraction of sp³-hybridized carbons (Fsp3) is 0. The molecule has 0 unspecified atom stereocenters. The number of halogens is 2. The Morgan fingerprint density at radius 1 is 0.486 bits per heavy atom. The van der Waals surface area contributed by atoms with Gasteiger partial charge in [0.25, 0.3) is 23.6 Å². The van der Waals surface area contributed by atoms with Gasteiger partial charge >= 0.3 is 0 Å². The summed E-state index contributed by atoms with van der Waals surface area (Å²) in [5, 5.41) is 0.840. The lowest BCUT2D eigenvalue weighted by molar-refractivity contribution is 0.0910. The molecule has 0 aliphatic carbocycles. The number of rotatable bonds is 4. The fourth-order valence-corrected chi connectivity index (χ4v) is 5.67. The van der Waals surface area contributed by atoms with Gasteiger partial charge in [0.2, 0.25) is 0 Å². The first-order chi connectivity index (χ1) is 17.8. The van der Waals surface area contributed by atoms with Crippen molar-refractivity contribution in [2.75, 3.05) is 9.80 Å². The molecule has 4 aromatic carbocycles. The van der Waals surface area contributed by atoms with E-state index in [1.165, 1.54) is 11.8 Å². The molecular weight excluding hydrogens is 531 g/mol. The zero-order chi connectivity index (χ0) is 25.8. The molecular formula is C28H14Cl2N2O4S. The van der Waals surface area contributed by atoms with E-state index < -0.39 is 23.6 Å². The third-order valence-corrected chi connectivity index (χ3v) is 7.53. The molecule has 0 N–H and O–H groups in total. The molecule has 0 spiro atoms. The fourth-order valence-electron chi connectivity index (χ4n) is 4.40. The Kier molecular flexibility index (Phi) is 5.64. The zero-order valence-corrected chi connectivity index (χ0v) is 21.1. The molecule has 6 rings (SSSR count). The van der Waals surface area contributed by atoms with Crippen LogP contribution in [0.5, 0.6) is 0 Å². The van der Waals surface area contributed by atoms with Crippen LogP contribution in [0.3, 0.4) is 0 Å². The summed E-state index contributed by atoms with van der Waals surface area (Å²) in [6.07, 6.45) is 0. The number of fused-ring (bicyclic) bond motifs is 2. The number of amides is 4. The maximum absolute atomic E-state index is 13.1. The average molecular weight is 545 g/mol. The minimum atomic E-state index is -0.434. The van der Waals surface area contributed by atoms with E-state index >= 15 is 0 Å². The number of imide groups is 2. The van der Waals surface area contributed by atoms with Crippen LogP contribution in [0.2, 0.25) is 10.0 Å². The molecule has 4 aromatic rings. The number of anilines is 2. The third kappa shape index (κ3) is 3.92. The molecule has 0 atom stereocenters. The molecule has 2 aliphatic rings. The minimum Gasteiger partial charge on any atom is -0.268 e. The van der Waals surface area contributed by atoms with Crippen LogP contribution in [-0.2, 0) is 0 Å². The summed E-state index contributed by atoms with van der Waals surface area (Å²) in [5.74, 6) is -1.70. The molecule has 0 saturated heterocycles. The van der Waals surface area contributed by atoms with Gasteiger partial charge in [0.05, 0.1) is 33.6 Å². The Hall–Kier alpha value is -3.91. The second-order valence-electron chi connectivity index (χ2n) is 8.37. The summed E-state index contributed by atoms with van der Waals surface area (Å²) in [6.45, 7) is 0. The predicted octanol–water partition coefficient (Wildman–Crippen LogP) is 6.75. The van der Waals surface area contributed by atoms with Crippen LogP contribution in [0.25, 0.3) is 0 Å². The van der Waals surface area contributed by atoms with Crippen LogP contribution < -0.4 is 9.80 Å². The van der Waals surface area contributed by atoms with E-state index in [1.807, 2.05) is 0 Å². The maximum atomic E-state index is 13.1. The van der Waals surface area contributed by atoms with Crippen molar-refractivity contribution in [2.45, 2.75) is 9.79 Å². The second-order valence-corrected chi connectivity index (χ2v) is 10.4. The minimum absolute atomic E-state index is 0.287. The van der Waals surface area contributed by atoms with Crippen molar-refractivity contribution in [3.8, 4) is 0 Å². The molecule has 2 heterocycles. The molecule has 2 aliphatic heterocycles. The van der Waals surface area contributed by atoms with E-state index in [0.29, 0.717) is 42.3 Å². The first-order valence-electron chi connectivity index (χ1n) is 11.1. The molecule has 0 aromatic heterocycles. The van der Waals surface area contributed by atoms with Gasteiger partial charge in [0.15, 0.2) is 0 Å². The monoisotopic (exact) mass is 544 g/mol. The van der Waals surface area contributed by atoms with E-state index in [-0.39, 0.29) is 11.1 Å². The Labute approximate surface area is 225 Å². The van der Waals surface area contributed by atoms with E-state index in [1.54, 1.807) is 84.9 Å². The van der Waals surface area contributed by atoms with Crippen molar-refractivity contribution in [3.63, 3.8) is 0 Å². The number of nitrogens with zero attached hydrogens (tertiary/aromatic N) is 2. The summed E-state index contributed by atoms with van der Waals surface area (Å²) in [6, 6.07) is 23.2. The van der Waals surface area contributed by atoms with Crippen molar-refractivity contribution in [1.82, 2.24) is 0 Å². The van der Waals surface area contributed by atoms with E-state index in [9.17, 15) is 19.2 Å². The Morgan fingerprint density at radius 2 is 0.892 bits per heavy atom. The molecule has 37 heavy (non-hydrogen) atoms. The van der Waals surface area contributed by atoms with Crippen LogP contribution in [0, 0.1) is 0 Å². The lowest BCUT2D eigenvalue weighted by Crippen LogP contribution is -2.29. The van der Waals surface area contributed by atoms with Crippen molar-refractivity contribution < 1.29 is 19.2 Å². The highest BCUT2D eigenvalue weighted by Gasteiger charge is 2.38. The normalized spacial score (nSPS) is 14.4. The summed E-state index contributed by atoms with van der Waals surface area (Å²) >= 11 is 13.4. The van der Waals surface area contributed by atoms with Gasteiger partial charge in [-0.1, -0.05) is 47.1 Å². The van der Waals surface area contributed by atoms with Gasteiger partial charge < -0.3 is 0 Å². The number of hydrogen-bond donors (Lipinski definition) is 0. The van der Waals surface area contributed by atoms with Crippen molar-refractivity contribution in [3.05, 3.63) is 117 Å².